The second-order valence-electron chi connectivity index (χ2n) is 4.72. The van der Waals surface area contributed by atoms with E-state index in [9.17, 15) is 18.0 Å². The summed E-state index contributed by atoms with van der Waals surface area (Å²) in [7, 11) is 0. The predicted molar refractivity (Wildman–Crippen MR) is 77.7 cm³/mol. The zero-order chi connectivity index (χ0) is 17.7. The van der Waals surface area contributed by atoms with E-state index in [0.717, 1.165) is 12.1 Å². The summed E-state index contributed by atoms with van der Waals surface area (Å²) in [6.45, 7) is 0.205. The Morgan fingerprint density at radius 3 is 2.62 bits per heavy atom. The van der Waals surface area contributed by atoms with Crippen LogP contribution in [0.5, 0.6) is 5.88 Å². The molecule has 9 heteroatoms. The van der Waals surface area contributed by atoms with E-state index in [1.165, 1.54) is 18.3 Å². The Labute approximate surface area is 135 Å². The van der Waals surface area contributed by atoms with Crippen molar-refractivity contribution in [3.63, 3.8) is 0 Å². The maximum atomic E-state index is 13.1. The van der Waals surface area contributed by atoms with E-state index in [1.807, 2.05) is 0 Å². The number of nitrogens with zero attached hydrogens (tertiary/aromatic N) is 2. The van der Waals surface area contributed by atoms with Crippen LogP contribution in [0.2, 0.25) is 0 Å². The molecule has 0 aliphatic rings. The van der Waals surface area contributed by atoms with E-state index < -0.39 is 29.0 Å². The number of ether oxygens (including phenoxy) is 1. The second-order valence-corrected chi connectivity index (χ2v) is 4.72. The molecule has 0 spiro atoms. The Bertz CT molecular complexity index is 735. The summed E-state index contributed by atoms with van der Waals surface area (Å²) in [5.41, 5.74) is 12.2. The topological polar surface area (TPSA) is 99.7 Å². The zero-order valence-corrected chi connectivity index (χ0v) is 12.4. The van der Waals surface area contributed by atoms with Crippen LogP contribution >= 0.6 is 0 Å². The highest BCUT2D eigenvalue weighted by Crippen LogP contribution is 2.33. The van der Waals surface area contributed by atoms with Crippen LogP contribution in [0.3, 0.4) is 0 Å². The molecule has 24 heavy (non-hydrogen) atoms. The Morgan fingerprint density at radius 2 is 2.00 bits per heavy atom. The van der Waals surface area contributed by atoms with E-state index in [2.05, 4.69) is 9.97 Å². The normalized spacial score (nSPS) is 11.3. The SMILES string of the molecule is [NH]CCCOc1ccc(C(F)(F)F)c(C(=O)c2cccnc2[NH])n1. The van der Waals surface area contributed by atoms with Crippen LogP contribution in [-0.4, -0.2) is 28.9 Å². The molecule has 0 fully saturated rings. The third kappa shape index (κ3) is 3.99. The molecule has 126 valence electrons. The van der Waals surface area contributed by atoms with Crippen molar-refractivity contribution in [2.75, 3.05) is 13.2 Å². The number of hydrogen-bond donors (Lipinski definition) is 0. The van der Waals surface area contributed by atoms with Crippen LogP contribution < -0.4 is 16.2 Å². The van der Waals surface area contributed by atoms with Gasteiger partial charge in [0.15, 0.2) is 5.82 Å². The zero-order valence-electron chi connectivity index (χ0n) is 12.4. The predicted octanol–water partition coefficient (Wildman–Crippen LogP) is 2.69. The van der Waals surface area contributed by atoms with E-state index in [0.29, 0.717) is 6.42 Å². The highest BCUT2D eigenvalue weighted by atomic mass is 19.4. The summed E-state index contributed by atoms with van der Waals surface area (Å²) < 4.78 is 44.6. The molecule has 0 saturated heterocycles. The molecule has 2 rings (SSSR count). The average molecular weight is 338 g/mol. The van der Waals surface area contributed by atoms with Gasteiger partial charge in [0.2, 0.25) is 11.7 Å². The number of carbonyl (C=O) groups excluding carboxylic acids is 1. The van der Waals surface area contributed by atoms with Crippen LogP contribution in [0.15, 0.2) is 30.5 Å². The van der Waals surface area contributed by atoms with Gasteiger partial charge in [0, 0.05) is 18.8 Å². The van der Waals surface area contributed by atoms with E-state index in [1.54, 1.807) is 0 Å². The van der Waals surface area contributed by atoms with E-state index in [-0.39, 0.29) is 24.6 Å². The van der Waals surface area contributed by atoms with Crippen molar-refractivity contribution in [3.05, 3.63) is 47.3 Å². The first-order chi connectivity index (χ1) is 11.3. The molecular formula is C15H13F3N4O2. The Kier molecular flexibility index (Phi) is 5.35. The summed E-state index contributed by atoms with van der Waals surface area (Å²) in [6, 6.07) is 4.31. The number of ketones is 1. The quantitative estimate of drug-likeness (QED) is 0.597. The maximum Gasteiger partial charge on any atom is 0.418 e. The number of alkyl halides is 3. The fourth-order valence-corrected chi connectivity index (χ4v) is 1.89. The molecule has 0 aliphatic carbocycles. The van der Waals surface area contributed by atoms with Gasteiger partial charge >= 0.3 is 6.18 Å². The van der Waals surface area contributed by atoms with Crippen molar-refractivity contribution in [1.82, 2.24) is 21.4 Å². The number of halogens is 3. The van der Waals surface area contributed by atoms with Gasteiger partial charge < -0.3 is 4.74 Å². The molecule has 0 saturated carbocycles. The van der Waals surface area contributed by atoms with E-state index in [4.69, 9.17) is 16.2 Å². The molecule has 0 atom stereocenters. The van der Waals surface area contributed by atoms with Crippen LogP contribution in [0.4, 0.5) is 19.0 Å². The molecule has 0 unspecified atom stereocenters. The average Bonchev–Trinajstić information content (AvgIpc) is 2.54. The van der Waals surface area contributed by atoms with Crippen LogP contribution in [0, 0.1) is 0 Å². The minimum atomic E-state index is -4.78. The summed E-state index contributed by atoms with van der Waals surface area (Å²) >= 11 is 0. The van der Waals surface area contributed by atoms with Gasteiger partial charge in [0.05, 0.1) is 17.7 Å². The smallest absolute Gasteiger partial charge is 0.418 e. The van der Waals surface area contributed by atoms with Gasteiger partial charge in [-0.1, -0.05) is 0 Å². The molecule has 0 amide bonds. The largest absolute Gasteiger partial charge is 0.478 e. The number of pyridine rings is 2. The first-order valence-corrected chi connectivity index (χ1v) is 6.91. The molecule has 2 aromatic rings. The third-order valence-corrected chi connectivity index (χ3v) is 3.01. The fraction of sp³-hybridized carbons (Fsp3) is 0.267. The van der Waals surface area contributed by atoms with Gasteiger partial charge in [-0.2, -0.15) is 13.2 Å². The van der Waals surface area contributed by atoms with Crippen molar-refractivity contribution in [2.45, 2.75) is 12.6 Å². The highest BCUT2D eigenvalue weighted by molar-refractivity contribution is 6.11. The number of nitrogens with one attached hydrogen (secondary N) is 2. The van der Waals surface area contributed by atoms with Crippen molar-refractivity contribution in [3.8, 4) is 5.88 Å². The van der Waals surface area contributed by atoms with E-state index >= 15 is 0 Å². The summed E-state index contributed by atoms with van der Waals surface area (Å²) in [5.74, 6) is -1.63. The van der Waals surface area contributed by atoms with Gasteiger partial charge in [-0.15, -0.1) is 0 Å². The minimum absolute atomic E-state index is 0.101. The molecule has 0 bridgehead atoms. The molecular weight excluding hydrogens is 325 g/mol. The van der Waals surface area contributed by atoms with Crippen molar-refractivity contribution >= 4 is 11.6 Å². The maximum absolute atomic E-state index is 13.1. The number of aromatic nitrogens is 2. The van der Waals surface area contributed by atoms with Crippen molar-refractivity contribution in [2.24, 2.45) is 0 Å². The number of rotatable bonds is 6. The molecule has 0 aliphatic heterocycles. The Balaban J connectivity index is 2.46. The molecule has 6 nitrogen and oxygen atoms in total. The molecule has 2 heterocycles. The molecule has 2 N–H and O–H groups in total. The van der Waals surface area contributed by atoms with Gasteiger partial charge in [0.1, 0.15) is 5.69 Å². The number of carbonyl (C=O) groups is 1. The lowest BCUT2D eigenvalue weighted by Crippen LogP contribution is -2.17. The first kappa shape index (κ1) is 17.7. The lowest BCUT2D eigenvalue weighted by atomic mass is 10.0. The van der Waals surface area contributed by atoms with Gasteiger partial charge in [0.25, 0.3) is 0 Å². The van der Waals surface area contributed by atoms with Gasteiger partial charge in [-0.3, -0.25) is 16.3 Å². The van der Waals surface area contributed by atoms with Crippen LogP contribution in [-0.2, 0) is 6.18 Å². The fourth-order valence-electron chi connectivity index (χ4n) is 1.89. The van der Waals surface area contributed by atoms with Gasteiger partial charge in [-0.05, 0) is 24.6 Å². The highest BCUT2D eigenvalue weighted by Gasteiger charge is 2.37. The van der Waals surface area contributed by atoms with Crippen molar-refractivity contribution < 1.29 is 22.7 Å². The lowest BCUT2D eigenvalue weighted by molar-refractivity contribution is -0.138. The van der Waals surface area contributed by atoms with Crippen molar-refractivity contribution in [1.29, 1.82) is 0 Å². The standard InChI is InChI=1S/C15H13F3N4O2/c16-15(17,18)10-4-5-11(24-8-2-6-19)22-12(10)13(23)9-3-1-7-21-14(9)20/h1,3-5,7,19-20H,2,6,8H2. The summed E-state index contributed by atoms with van der Waals surface area (Å²) in [6.07, 6.45) is -3.13. The lowest BCUT2D eigenvalue weighted by Gasteiger charge is -2.13. The molecule has 2 radical (unpaired) electrons. The summed E-state index contributed by atoms with van der Waals surface area (Å²) in [4.78, 5) is 19.7. The molecule has 2 aromatic heterocycles. The third-order valence-electron chi connectivity index (χ3n) is 3.01. The minimum Gasteiger partial charge on any atom is -0.478 e. The summed E-state index contributed by atoms with van der Waals surface area (Å²) in [5, 5.41) is 0. The first-order valence-electron chi connectivity index (χ1n) is 6.91. The van der Waals surface area contributed by atoms with Crippen LogP contribution in [0.1, 0.15) is 28.0 Å². The Morgan fingerprint density at radius 1 is 1.25 bits per heavy atom. The second kappa shape index (κ2) is 7.26. The van der Waals surface area contributed by atoms with Gasteiger partial charge in [-0.25, -0.2) is 9.97 Å². The Hall–Kier alpha value is -2.68. The van der Waals surface area contributed by atoms with Crippen LogP contribution in [0.25, 0.3) is 0 Å². The molecule has 0 aromatic carbocycles. The monoisotopic (exact) mass is 338 g/mol. The number of hydrogen-bond acceptors (Lipinski definition) is 4.